The number of aryl methyl sites for hydroxylation is 2. The van der Waals surface area contributed by atoms with E-state index < -0.39 is 15.7 Å². The van der Waals surface area contributed by atoms with Gasteiger partial charge in [-0.25, -0.2) is 22.8 Å². The summed E-state index contributed by atoms with van der Waals surface area (Å²) in [6, 6.07) is 10.2. The highest BCUT2D eigenvalue weighted by Gasteiger charge is 2.19. The van der Waals surface area contributed by atoms with Gasteiger partial charge in [0.15, 0.2) is 5.78 Å². The second kappa shape index (κ2) is 7.79. The van der Waals surface area contributed by atoms with E-state index >= 15 is 0 Å². The van der Waals surface area contributed by atoms with Crippen molar-refractivity contribution in [2.75, 3.05) is 0 Å². The fraction of sp³-hybridized carbons (Fsp3) is 0.136. The average molecular weight is 423 g/mol. The highest BCUT2D eigenvalue weighted by atomic mass is 32.2. The van der Waals surface area contributed by atoms with Crippen LogP contribution in [0.25, 0.3) is 5.78 Å². The van der Waals surface area contributed by atoms with Crippen molar-refractivity contribution in [3.8, 4) is 0 Å². The Labute approximate surface area is 173 Å². The fourth-order valence-electron chi connectivity index (χ4n) is 3.07. The molecular weight excluding hydrogens is 405 g/mol. The van der Waals surface area contributed by atoms with Gasteiger partial charge >= 0.3 is 0 Å². The number of Topliss-reactive ketones (excluding diaryl/α,β-unsaturated/α-hetero) is 1. The minimum absolute atomic E-state index is 0.0649. The molecule has 0 amide bonds. The van der Waals surface area contributed by atoms with Gasteiger partial charge in [0.1, 0.15) is 5.82 Å². The zero-order valence-corrected chi connectivity index (χ0v) is 16.9. The number of hydrogen-bond donors (Lipinski definition) is 0. The van der Waals surface area contributed by atoms with Crippen LogP contribution < -0.4 is 0 Å². The van der Waals surface area contributed by atoms with Gasteiger partial charge in [0.2, 0.25) is 15.6 Å². The van der Waals surface area contributed by atoms with E-state index in [1.807, 2.05) is 0 Å². The summed E-state index contributed by atoms with van der Waals surface area (Å²) < 4.78 is 40.9. The lowest BCUT2D eigenvalue weighted by Crippen LogP contribution is -2.05. The molecule has 30 heavy (non-hydrogen) atoms. The first-order valence-corrected chi connectivity index (χ1v) is 10.7. The molecule has 0 N–H and O–H groups in total. The summed E-state index contributed by atoms with van der Waals surface area (Å²) in [5.41, 5.74) is 1.70. The van der Waals surface area contributed by atoms with Gasteiger partial charge in [0.05, 0.1) is 15.4 Å². The summed E-state index contributed by atoms with van der Waals surface area (Å²) in [4.78, 5) is 20.6. The van der Waals surface area contributed by atoms with E-state index in [0.29, 0.717) is 23.3 Å². The molecule has 0 fully saturated rings. The molecule has 4 aromatic rings. The third-order valence-electron chi connectivity index (χ3n) is 4.90. The Morgan fingerprint density at radius 1 is 1.07 bits per heavy atom. The molecule has 6 nitrogen and oxygen atoms in total. The van der Waals surface area contributed by atoms with Crippen LogP contribution in [0, 0.1) is 12.7 Å². The maximum atomic E-state index is 13.8. The third-order valence-corrected chi connectivity index (χ3v) is 6.66. The number of ketones is 1. The number of hydrogen-bond acceptors (Lipinski definition) is 5. The summed E-state index contributed by atoms with van der Waals surface area (Å²) in [7, 11) is -3.81. The topological polar surface area (TPSA) is 81.4 Å². The van der Waals surface area contributed by atoms with Crippen molar-refractivity contribution in [3.63, 3.8) is 0 Å². The van der Waals surface area contributed by atoms with E-state index in [4.69, 9.17) is 0 Å². The maximum Gasteiger partial charge on any atom is 0.233 e. The van der Waals surface area contributed by atoms with Crippen LogP contribution in [0.4, 0.5) is 4.39 Å². The fourth-order valence-corrected chi connectivity index (χ4v) is 4.35. The van der Waals surface area contributed by atoms with Crippen molar-refractivity contribution < 1.29 is 17.6 Å². The molecular formula is C22H18FN3O3S. The number of rotatable bonds is 6. The van der Waals surface area contributed by atoms with Crippen molar-refractivity contribution in [2.45, 2.75) is 29.6 Å². The van der Waals surface area contributed by atoms with Gasteiger partial charge in [-0.15, -0.1) is 0 Å². The lowest BCUT2D eigenvalue weighted by molar-refractivity contribution is 0.0982. The summed E-state index contributed by atoms with van der Waals surface area (Å²) in [5.74, 6) is -0.101. The Balaban J connectivity index is 1.46. The van der Waals surface area contributed by atoms with Gasteiger partial charge in [-0.2, -0.15) is 0 Å². The number of sulfone groups is 1. The Bertz CT molecular complexity index is 1350. The molecule has 152 valence electrons. The highest BCUT2D eigenvalue weighted by molar-refractivity contribution is 7.91. The van der Waals surface area contributed by atoms with Crippen molar-refractivity contribution in [1.29, 1.82) is 0 Å². The molecule has 0 spiro atoms. The second-order valence-electron chi connectivity index (χ2n) is 6.96. The molecule has 0 saturated heterocycles. The molecule has 4 rings (SSSR count). The van der Waals surface area contributed by atoms with Crippen LogP contribution in [0.2, 0.25) is 0 Å². The number of halogens is 1. The smallest absolute Gasteiger partial charge is 0.233 e. The molecule has 0 aliphatic rings. The Morgan fingerprint density at radius 3 is 2.53 bits per heavy atom. The van der Waals surface area contributed by atoms with Crippen molar-refractivity contribution in [1.82, 2.24) is 14.4 Å². The zero-order valence-electron chi connectivity index (χ0n) is 16.1. The molecule has 2 aromatic heterocycles. The van der Waals surface area contributed by atoms with E-state index in [0.717, 1.165) is 11.6 Å². The number of aromatic nitrogens is 3. The Hall–Kier alpha value is -3.39. The maximum absolute atomic E-state index is 13.8. The van der Waals surface area contributed by atoms with E-state index in [1.165, 1.54) is 30.5 Å². The van der Waals surface area contributed by atoms with Crippen LogP contribution in [0.5, 0.6) is 0 Å². The molecule has 2 aromatic carbocycles. The summed E-state index contributed by atoms with van der Waals surface area (Å²) in [6.07, 6.45) is 7.24. The number of carbonyl (C=O) groups excluding carboxylic acids is 1. The van der Waals surface area contributed by atoms with Crippen LogP contribution in [0.1, 0.15) is 27.9 Å². The van der Waals surface area contributed by atoms with Crippen molar-refractivity contribution in [3.05, 3.63) is 89.8 Å². The highest BCUT2D eigenvalue weighted by Crippen LogP contribution is 2.23. The quantitative estimate of drug-likeness (QED) is 0.440. The molecule has 0 atom stereocenters. The van der Waals surface area contributed by atoms with Crippen LogP contribution in [0.3, 0.4) is 0 Å². The number of carbonyl (C=O) groups is 1. The van der Waals surface area contributed by atoms with Gasteiger partial charge in [-0.1, -0.05) is 18.2 Å². The van der Waals surface area contributed by atoms with E-state index in [9.17, 15) is 17.6 Å². The SMILES string of the molecule is Cc1ccc(S(=O)(=O)c2ccc(CCC(=O)c3cnc4nccn4c3)cc2)cc1F. The molecule has 0 radical (unpaired) electrons. The molecule has 0 unspecified atom stereocenters. The molecule has 0 aliphatic carbocycles. The number of benzene rings is 2. The van der Waals surface area contributed by atoms with Crippen LogP contribution >= 0.6 is 0 Å². The predicted molar refractivity (Wildman–Crippen MR) is 109 cm³/mol. The number of fused-ring (bicyclic) bond motifs is 1. The van der Waals surface area contributed by atoms with E-state index in [2.05, 4.69) is 9.97 Å². The lowest BCUT2D eigenvalue weighted by Gasteiger charge is -2.07. The molecule has 8 heteroatoms. The summed E-state index contributed by atoms with van der Waals surface area (Å²) in [5, 5.41) is 0. The van der Waals surface area contributed by atoms with Gasteiger partial charge in [0.25, 0.3) is 0 Å². The summed E-state index contributed by atoms with van der Waals surface area (Å²) in [6.45, 7) is 1.57. The molecule has 0 bridgehead atoms. The Kier molecular flexibility index (Phi) is 5.17. The minimum atomic E-state index is -3.81. The van der Waals surface area contributed by atoms with Gasteiger partial charge in [0, 0.05) is 31.2 Å². The van der Waals surface area contributed by atoms with Crippen molar-refractivity contribution >= 4 is 21.4 Å². The second-order valence-corrected chi connectivity index (χ2v) is 8.91. The lowest BCUT2D eigenvalue weighted by atomic mass is 10.0. The molecule has 0 aliphatic heterocycles. The monoisotopic (exact) mass is 423 g/mol. The minimum Gasteiger partial charge on any atom is -0.294 e. The molecule has 0 saturated carbocycles. The van der Waals surface area contributed by atoms with Gasteiger partial charge in [-0.3, -0.25) is 9.20 Å². The first-order valence-electron chi connectivity index (χ1n) is 9.27. The largest absolute Gasteiger partial charge is 0.294 e. The first kappa shape index (κ1) is 19.9. The number of nitrogens with zero attached hydrogens (tertiary/aromatic N) is 3. The van der Waals surface area contributed by atoms with Crippen LogP contribution in [-0.2, 0) is 16.3 Å². The average Bonchev–Trinajstić information content (AvgIpc) is 3.22. The van der Waals surface area contributed by atoms with E-state index in [1.54, 1.807) is 42.0 Å². The molecule has 2 heterocycles. The van der Waals surface area contributed by atoms with Crippen LogP contribution in [-0.4, -0.2) is 28.6 Å². The zero-order chi connectivity index (χ0) is 21.3. The standard InChI is InChI=1S/C22H18FN3O3S/c1-15-2-6-19(12-20(15)23)30(28,29)18-7-3-16(4-8-18)5-9-21(27)17-13-25-22-24-10-11-26(22)14-17/h2-4,6-8,10-14H,5,9H2,1H3. The summed E-state index contributed by atoms with van der Waals surface area (Å²) >= 11 is 0. The normalized spacial score (nSPS) is 11.7. The van der Waals surface area contributed by atoms with Crippen LogP contribution in [0.15, 0.2) is 77.0 Å². The number of imidazole rings is 1. The van der Waals surface area contributed by atoms with E-state index in [-0.39, 0.29) is 22.0 Å². The van der Waals surface area contributed by atoms with Gasteiger partial charge in [-0.05, 0) is 48.7 Å². The Morgan fingerprint density at radius 2 is 1.80 bits per heavy atom. The first-order chi connectivity index (χ1) is 14.3. The van der Waals surface area contributed by atoms with Crippen molar-refractivity contribution in [2.24, 2.45) is 0 Å². The third kappa shape index (κ3) is 3.86. The predicted octanol–water partition coefficient (Wildman–Crippen LogP) is 3.83. The van der Waals surface area contributed by atoms with Gasteiger partial charge < -0.3 is 0 Å².